The van der Waals surface area contributed by atoms with Crippen molar-refractivity contribution in [2.24, 2.45) is 18.9 Å². The number of likely N-dealkylation sites (tertiary alicyclic amines) is 1. The van der Waals surface area contributed by atoms with E-state index in [0.29, 0.717) is 11.3 Å². The van der Waals surface area contributed by atoms with Gasteiger partial charge in [0.2, 0.25) is 0 Å². The van der Waals surface area contributed by atoms with E-state index in [0.717, 1.165) is 78.0 Å². The van der Waals surface area contributed by atoms with Crippen LogP contribution < -0.4 is 19.9 Å². The molecule has 2 fully saturated rings. The number of fused-ring (bicyclic) bond motifs is 1. The van der Waals surface area contributed by atoms with Gasteiger partial charge in [-0.05, 0) is 42.0 Å². The fraction of sp³-hybridized carbons (Fsp3) is 0.481. The van der Waals surface area contributed by atoms with E-state index in [1.54, 1.807) is 32.0 Å². The summed E-state index contributed by atoms with van der Waals surface area (Å²) in [5.74, 6) is 3.99. The Morgan fingerprint density at radius 3 is 2.29 bits per heavy atom. The SMILES string of the molecule is COc1cc(-c2cn(C)c(=O)c3cnc(N4CCC4)cc23)cc(OC)c1CN1CC(C(C)C)C1. The zero-order valence-electron chi connectivity index (χ0n) is 20.8. The molecule has 0 saturated carbocycles. The number of nitrogens with zero attached hydrogens (tertiary/aromatic N) is 4. The van der Waals surface area contributed by atoms with Crippen molar-refractivity contribution in [3.63, 3.8) is 0 Å². The number of methoxy groups -OCH3 is 2. The van der Waals surface area contributed by atoms with Gasteiger partial charge in [-0.3, -0.25) is 9.69 Å². The molecule has 2 aromatic heterocycles. The van der Waals surface area contributed by atoms with E-state index >= 15 is 0 Å². The third-order valence-corrected chi connectivity index (χ3v) is 7.46. The summed E-state index contributed by atoms with van der Waals surface area (Å²) in [6.07, 6.45) is 4.79. The maximum Gasteiger partial charge on any atom is 0.259 e. The number of hydrogen-bond donors (Lipinski definition) is 0. The van der Waals surface area contributed by atoms with E-state index in [1.165, 1.54) is 6.42 Å². The van der Waals surface area contributed by atoms with Crippen molar-refractivity contribution in [2.45, 2.75) is 26.8 Å². The highest BCUT2D eigenvalue weighted by Crippen LogP contribution is 2.39. The summed E-state index contributed by atoms with van der Waals surface area (Å²) in [6, 6.07) is 6.19. The molecule has 0 amide bonds. The lowest BCUT2D eigenvalue weighted by atomic mass is 9.88. The van der Waals surface area contributed by atoms with Crippen LogP contribution in [0.25, 0.3) is 21.9 Å². The first-order valence-corrected chi connectivity index (χ1v) is 12.1. The van der Waals surface area contributed by atoms with Gasteiger partial charge in [0, 0.05) is 63.1 Å². The number of aryl methyl sites for hydroxylation is 1. The van der Waals surface area contributed by atoms with Crippen LogP contribution in [0.1, 0.15) is 25.8 Å². The largest absolute Gasteiger partial charge is 0.496 e. The molecule has 34 heavy (non-hydrogen) atoms. The second kappa shape index (κ2) is 8.95. The zero-order chi connectivity index (χ0) is 24.0. The summed E-state index contributed by atoms with van der Waals surface area (Å²) in [5.41, 5.74) is 2.94. The van der Waals surface area contributed by atoms with Crippen LogP contribution in [-0.2, 0) is 13.6 Å². The van der Waals surface area contributed by atoms with Crippen LogP contribution in [0.2, 0.25) is 0 Å². The molecule has 0 bridgehead atoms. The van der Waals surface area contributed by atoms with Gasteiger partial charge < -0.3 is 18.9 Å². The van der Waals surface area contributed by atoms with Crippen molar-refractivity contribution in [3.05, 3.63) is 46.5 Å². The molecule has 2 aliphatic heterocycles. The van der Waals surface area contributed by atoms with Gasteiger partial charge in [-0.15, -0.1) is 0 Å². The first-order chi connectivity index (χ1) is 16.4. The molecule has 0 N–H and O–H groups in total. The molecule has 2 aliphatic rings. The Bertz CT molecular complexity index is 1250. The number of anilines is 1. The van der Waals surface area contributed by atoms with Gasteiger partial charge in [0.15, 0.2) is 0 Å². The van der Waals surface area contributed by atoms with Gasteiger partial charge in [0.1, 0.15) is 17.3 Å². The molecule has 2 saturated heterocycles. The van der Waals surface area contributed by atoms with Crippen molar-refractivity contribution in [3.8, 4) is 22.6 Å². The van der Waals surface area contributed by atoms with Crippen LogP contribution in [-0.4, -0.2) is 54.8 Å². The summed E-state index contributed by atoms with van der Waals surface area (Å²) in [6.45, 7) is 9.59. The van der Waals surface area contributed by atoms with E-state index in [2.05, 4.69) is 40.8 Å². The Hall–Kier alpha value is -3.06. The predicted octanol–water partition coefficient (Wildman–Crippen LogP) is 3.92. The average Bonchev–Trinajstić information content (AvgIpc) is 2.76. The molecule has 0 aliphatic carbocycles. The van der Waals surface area contributed by atoms with Gasteiger partial charge in [0.05, 0.1) is 25.2 Å². The van der Waals surface area contributed by atoms with Gasteiger partial charge in [-0.1, -0.05) is 13.8 Å². The fourth-order valence-corrected chi connectivity index (χ4v) is 4.98. The van der Waals surface area contributed by atoms with Crippen molar-refractivity contribution >= 4 is 16.6 Å². The molecule has 7 heteroatoms. The predicted molar refractivity (Wildman–Crippen MR) is 136 cm³/mol. The number of ether oxygens (including phenoxy) is 2. The molecular formula is C27H34N4O3. The standard InChI is InChI=1S/C27H34N4O3/c1-17(2)19-13-30(14-19)16-23-24(33-4)9-18(10-25(23)34-5)22-15-29(3)27(32)21-12-28-26(11-20(21)22)31-7-6-8-31/h9-12,15,17,19H,6-8,13-14,16H2,1-5H3. The molecule has 180 valence electrons. The average molecular weight is 463 g/mol. The molecule has 3 aromatic rings. The van der Waals surface area contributed by atoms with Gasteiger partial charge in [0.25, 0.3) is 5.56 Å². The lowest BCUT2D eigenvalue weighted by molar-refractivity contribution is 0.0600. The van der Waals surface area contributed by atoms with Crippen LogP contribution in [0.15, 0.2) is 35.4 Å². The number of rotatable bonds is 7. The van der Waals surface area contributed by atoms with Crippen molar-refractivity contribution in [2.75, 3.05) is 45.3 Å². The highest BCUT2D eigenvalue weighted by molar-refractivity contribution is 5.97. The second-order valence-corrected chi connectivity index (χ2v) is 9.95. The van der Waals surface area contributed by atoms with Crippen LogP contribution >= 0.6 is 0 Å². The maximum atomic E-state index is 12.9. The van der Waals surface area contributed by atoms with E-state index in [1.807, 2.05) is 12.3 Å². The van der Waals surface area contributed by atoms with E-state index < -0.39 is 0 Å². The molecule has 4 heterocycles. The van der Waals surface area contributed by atoms with Crippen molar-refractivity contribution in [1.29, 1.82) is 0 Å². The number of benzene rings is 1. The quantitative estimate of drug-likeness (QED) is 0.531. The molecule has 7 nitrogen and oxygen atoms in total. The monoisotopic (exact) mass is 462 g/mol. The van der Waals surface area contributed by atoms with E-state index in [-0.39, 0.29) is 5.56 Å². The lowest BCUT2D eigenvalue weighted by Gasteiger charge is -2.42. The van der Waals surface area contributed by atoms with E-state index in [4.69, 9.17) is 9.47 Å². The molecule has 0 unspecified atom stereocenters. The Labute approximate surface area is 200 Å². The third kappa shape index (κ3) is 3.92. The normalized spacial score (nSPS) is 16.6. The fourth-order valence-electron chi connectivity index (χ4n) is 4.98. The molecular weight excluding hydrogens is 428 g/mol. The summed E-state index contributed by atoms with van der Waals surface area (Å²) in [4.78, 5) is 22.1. The van der Waals surface area contributed by atoms with Crippen LogP contribution in [0.5, 0.6) is 11.5 Å². The highest BCUT2D eigenvalue weighted by atomic mass is 16.5. The lowest BCUT2D eigenvalue weighted by Crippen LogP contribution is -2.48. The summed E-state index contributed by atoms with van der Waals surface area (Å²) < 4.78 is 13.3. The molecule has 0 atom stereocenters. The molecule has 1 aromatic carbocycles. The molecule has 5 rings (SSSR count). The first kappa shape index (κ1) is 22.7. The van der Waals surface area contributed by atoms with Gasteiger partial charge in [-0.2, -0.15) is 0 Å². The maximum absolute atomic E-state index is 12.9. The Morgan fingerprint density at radius 2 is 1.74 bits per heavy atom. The molecule has 0 radical (unpaired) electrons. The molecule has 0 spiro atoms. The minimum absolute atomic E-state index is 0.0468. The Kier molecular flexibility index (Phi) is 5.98. The Balaban J connectivity index is 1.58. The summed E-state index contributed by atoms with van der Waals surface area (Å²) in [7, 11) is 5.20. The van der Waals surface area contributed by atoms with Crippen LogP contribution in [0.4, 0.5) is 5.82 Å². The smallest absolute Gasteiger partial charge is 0.259 e. The number of aromatic nitrogens is 2. The summed E-state index contributed by atoms with van der Waals surface area (Å²) >= 11 is 0. The third-order valence-electron chi connectivity index (χ3n) is 7.46. The second-order valence-electron chi connectivity index (χ2n) is 9.95. The minimum atomic E-state index is -0.0468. The minimum Gasteiger partial charge on any atom is -0.496 e. The number of pyridine rings is 2. The number of hydrogen-bond acceptors (Lipinski definition) is 6. The van der Waals surface area contributed by atoms with Crippen molar-refractivity contribution in [1.82, 2.24) is 14.5 Å². The van der Waals surface area contributed by atoms with Crippen molar-refractivity contribution < 1.29 is 9.47 Å². The summed E-state index contributed by atoms with van der Waals surface area (Å²) in [5, 5.41) is 1.52. The van der Waals surface area contributed by atoms with Gasteiger partial charge in [-0.25, -0.2) is 4.98 Å². The van der Waals surface area contributed by atoms with Crippen LogP contribution in [0.3, 0.4) is 0 Å². The Morgan fingerprint density at radius 1 is 1.06 bits per heavy atom. The highest BCUT2D eigenvalue weighted by Gasteiger charge is 2.30. The van der Waals surface area contributed by atoms with Crippen LogP contribution in [0, 0.1) is 11.8 Å². The topological polar surface area (TPSA) is 59.8 Å². The van der Waals surface area contributed by atoms with Gasteiger partial charge >= 0.3 is 0 Å². The van der Waals surface area contributed by atoms with E-state index in [9.17, 15) is 4.79 Å². The zero-order valence-corrected chi connectivity index (χ0v) is 20.8. The first-order valence-electron chi connectivity index (χ1n) is 12.1.